The summed E-state index contributed by atoms with van der Waals surface area (Å²) in [7, 11) is 0. The summed E-state index contributed by atoms with van der Waals surface area (Å²) < 4.78 is 25.7. The molecule has 1 fully saturated rings. The third-order valence-electron chi connectivity index (χ3n) is 3.90. The molecule has 1 saturated heterocycles. The topological polar surface area (TPSA) is 93.6 Å². The molecule has 3 rings (SSSR count). The highest BCUT2D eigenvalue weighted by molar-refractivity contribution is 5.13. The van der Waals surface area contributed by atoms with E-state index in [-0.39, 0.29) is 13.0 Å². The normalized spacial score (nSPS) is 23.5. The van der Waals surface area contributed by atoms with Gasteiger partial charge in [-0.25, -0.2) is 4.79 Å². The SMILES string of the molecule is O=c1[nH]c(=O)n([C@@H]2CC(OCc3ccccc3)[C@H](CO)O2)cc1F. The first kappa shape index (κ1) is 16.6. The summed E-state index contributed by atoms with van der Waals surface area (Å²) in [4.78, 5) is 24.8. The fraction of sp³-hybridized carbons (Fsp3) is 0.375. The molecule has 3 atom stereocenters. The summed E-state index contributed by atoms with van der Waals surface area (Å²) in [6.07, 6.45) is -0.854. The molecule has 2 aromatic rings. The zero-order chi connectivity index (χ0) is 17.1. The molecule has 0 radical (unpaired) electrons. The Balaban J connectivity index is 1.73. The smallest absolute Gasteiger partial charge is 0.330 e. The van der Waals surface area contributed by atoms with Gasteiger partial charge in [0.25, 0.3) is 5.56 Å². The van der Waals surface area contributed by atoms with Crippen LogP contribution >= 0.6 is 0 Å². The molecular weight excluding hydrogens is 319 g/mol. The number of aliphatic hydroxyl groups is 1. The molecule has 0 spiro atoms. The van der Waals surface area contributed by atoms with Gasteiger partial charge in [0.1, 0.15) is 12.3 Å². The minimum absolute atomic E-state index is 0.253. The van der Waals surface area contributed by atoms with Crippen molar-refractivity contribution < 1.29 is 19.0 Å². The molecule has 2 heterocycles. The lowest BCUT2D eigenvalue weighted by molar-refractivity contribution is -0.0659. The summed E-state index contributed by atoms with van der Waals surface area (Å²) >= 11 is 0. The molecular formula is C16H17FN2O5. The summed E-state index contributed by atoms with van der Waals surface area (Å²) in [6.45, 7) is 0.0313. The van der Waals surface area contributed by atoms with Crippen LogP contribution in [0.4, 0.5) is 4.39 Å². The Morgan fingerprint density at radius 2 is 2.08 bits per heavy atom. The summed E-state index contributed by atoms with van der Waals surface area (Å²) in [5.41, 5.74) is -0.887. The molecule has 0 aliphatic carbocycles. The second-order valence-electron chi connectivity index (χ2n) is 5.53. The predicted molar refractivity (Wildman–Crippen MR) is 81.9 cm³/mol. The molecule has 1 aliphatic heterocycles. The van der Waals surface area contributed by atoms with Crippen LogP contribution < -0.4 is 11.2 Å². The van der Waals surface area contributed by atoms with Crippen molar-refractivity contribution in [3.05, 3.63) is 68.7 Å². The maximum Gasteiger partial charge on any atom is 0.330 e. The van der Waals surface area contributed by atoms with E-state index in [1.807, 2.05) is 35.3 Å². The standard InChI is InChI=1S/C16H17FN2O5/c17-11-7-19(16(22)18-15(11)21)14-6-12(13(8-20)24-14)23-9-10-4-2-1-3-5-10/h1-5,7,12-14,20H,6,8-9H2,(H,18,21,22)/t12?,13-,14-/m0/s1. The van der Waals surface area contributed by atoms with Gasteiger partial charge in [-0.15, -0.1) is 0 Å². The van der Waals surface area contributed by atoms with Crippen molar-refractivity contribution in [1.82, 2.24) is 9.55 Å². The van der Waals surface area contributed by atoms with Crippen LogP contribution in [0.15, 0.2) is 46.1 Å². The largest absolute Gasteiger partial charge is 0.394 e. The number of halogens is 1. The fourth-order valence-electron chi connectivity index (χ4n) is 2.66. The van der Waals surface area contributed by atoms with Crippen molar-refractivity contribution in [2.45, 2.75) is 31.5 Å². The Hall–Kier alpha value is -2.29. The molecule has 24 heavy (non-hydrogen) atoms. The molecule has 1 aromatic heterocycles. The van der Waals surface area contributed by atoms with Crippen molar-refractivity contribution >= 4 is 0 Å². The Morgan fingerprint density at radius 1 is 1.33 bits per heavy atom. The number of H-pyrrole nitrogens is 1. The number of hydrogen-bond acceptors (Lipinski definition) is 5. The Kier molecular flexibility index (Phi) is 4.89. The average Bonchev–Trinajstić information content (AvgIpc) is 3.00. The van der Waals surface area contributed by atoms with Gasteiger partial charge in [-0.1, -0.05) is 30.3 Å². The number of hydrogen-bond donors (Lipinski definition) is 2. The number of aromatic nitrogens is 2. The van der Waals surface area contributed by atoms with E-state index < -0.39 is 35.5 Å². The van der Waals surface area contributed by atoms with Crippen molar-refractivity contribution in [2.75, 3.05) is 6.61 Å². The van der Waals surface area contributed by atoms with E-state index in [1.54, 1.807) is 0 Å². The van der Waals surface area contributed by atoms with Crippen molar-refractivity contribution in [3.63, 3.8) is 0 Å². The van der Waals surface area contributed by atoms with E-state index in [0.717, 1.165) is 16.3 Å². The zero-order valence-electron chi connectivity index (χ0n) is 12.7. The third kappa shape index (κ3) is 3.45. The van der Waals surface area contributed by atoms with Crippen molar-refractivity contribution in [3.8, 4) is 0 Å². The van der Waals surface area contributed by atoms with Gasteiger partial charge in [0.2, 0.25) is 5.82 Å². The van der Waals surface area contributed by atoms with Gasteiger partial charge in [0.05, 0.1) is 25.5 Å². The van der Waals surface area contributed by atoms with Gasteiger partial charge in [-0.2, -0.15) is 4.39 Å². The minimum atomic E-state index is -1.08. The average molecular weight is 336 g/mol. The highest BCUT2D eigenvalue weighted by atomic mass is 19.1. The maximum atomic E-state index is 13.4. The van der Waals surface area contributed by atoms with Gasteiger partial charge in [-0.05, 0) is 5.56 Å². The van der Waals surface area contributed by atoms with E-state index in [2.05, 4.69) is 0 Å². The predicted octanol–water partition coefficient (Wildman–Crippen LogP) is 0.541. The molecule has 7 nitrogen and oxygen atoms in total. The molecule has 128 valence electrons. The second kappa shape index (κ2) is 7.08. The van der Waals surface area contributed by atoms with Gasteiger partial charge in [-0.3, -0.25) is 14.3 Å². The fourth-order valence-corrected chi connectivity index (χ4v) is 2.66. The van der Waals surface area contributed by atoms with Gasteiger partial charge in [0, 0.05) is 6.42 Å². The second-order valence-corrected chi connectivity index (χ2v) is 5.53. The van der Waals surface area contributed by atoms with Gasteiger partial charge >= 0.3 is 5.69 Å². The third-order valence-corrected chi connectivity index (χ3v) is 3.90. The number of rotatable bonds is 5. The van der Waals surface area contributed by atoms with Crippen LogP contribution in [0.25, 0.3) is 0 Å². The Labute approximate surface area is 136 Å². The monoisotopic (exact) mass is 336 g/mol. The van der Waals surface area contributed by atoms with Crippen LogP contribution in [0.1, 0.15) is 18.2 Å². The highest BCUT2D eigenvalue weighted by Gasteiger charge is 2.37. The van der Waals surface area contributed by atoms with Crippen molar-refractivity contribution in [1.29, 1.82) is 0 Å². The van der Waals surface area contributed by atoms with Crippen LogP contribution in [0.2, 0.25) is 0 Å². The van der Waals surface area contributed by atoms with Crippen LogP contribution in [-0.2, 0) is 16.1 Å². The van der Waals surface area contributed by atoms with Crippen LogP contribution in [0.5, 0.6) is 0 Å². The maximum absolute atomic E-state index is 13.4. The first-order chi connectivity index (χ1) is 11.6. The Morgan fingerprint density at radius 3 is 2.79 bits per heavy atom. The summed E-state index contributed by atoms with van der Waals surface area (Å²) in [6, 6.07) is 9.48. The van der Waals surface area contributed by atoms with Crippen LogP contribution in [0, 0.1) is 5.82 Å². The molecule has 2 N–H and O–H groups in total. The number of nitrogens with one attached hydrogen (secondary N) is 1. The molecule has 0 saturated carbocycles. The first-order valence-corrected chi connectivity index (χ1v) is 7.51. The molecule has 0 amide bonds. The number of aliphatic hydroxyl groups excluding tert-OH is 1. The van der Waals surface area contributed by atoms with Gasteiger partial charge < -0.3 is 14.6 Å². The zero-order valence-corrected chi connectivity index (χ0v) is 12.7. The quantitative estimate of drug-likeness (QED) is 0.831. The minimum Gasteiger partial charge on any atom is -0.394 e. The lowest BCUT2D eigenvalue weighted by Crippen LogP contribution is -2.34. The lowest BCUT2D eigenvalue weighted by atomic mass is 10.1. The molecule has 8 heteroatoms. The number of benzene rings is 1. The number of nitrogens with zero attached hydrogens (tertiary/aromatic N) is 1. The number of aromatic amines is 1. The molecule has 1 aliphatic rings. The van der Waals surface area contributed by atoms with E-state index >= 15 is 0 Å². The molecule has 1 unspecified atom stereocenters. The van der Waals surface area contributed by atoms with E-state index in [4.69, 9.17) is 9.47 Å². The van der Waals surface area contributed by atoms with Crippen molar-refractivity contribution in [2.24, 2.45) is 0 Å². The van der Waals surface area contributed by atoms with E-state index in [9.17, 15) is 19.1 Å². The lowest BCUT2D eigenvalue weighted by Gasteiger charge is -2.16. The summed E-state index contributed by atoms with van der Waals surface area (Å²) in [5.74, 6) is -1.08. The van der Waals surface area contributed by atoms with Gasteiger partial charge in [0.15, 0.2) is 0 Å². The summed E-state index contributed by atoms with van der Waals surface area (Å²) in [5, 5.41) is 9.44. The van der Waals surface area contributed by atoms with Crippen LogP contribution in [-0.4, -0.2) is 33.5 Å². The van der Waals surface area contributed by atoms with Crippen LogP contribution in [0.3, 0.4) is 0 Å². The highest BCUT2D eigenvalue weighted by Crippen LogP contribution is 2.30. The van der Waals surface area contributed by atoms with E-state index in [1.165, 1.54) is 0 Å². The number of ether oxygens (including phenoxy) is 2. The van der Waals surface area contributed by atoms with E-state index in [0.29, 0.717) is 6.61 Å². The molecule has 1 aromatic carbocycles. The molecule has 0 bridgehead atoms. The Bertz CT molecular complexity index is 804. The first-order valence-electron chi connectivity index (χ1n) is 7.51.